The molecule has 0 amide bonds. The second-order valence-electron chi connectivity index (χ2n) is 3.24. The van der Waals surface area contributed by atoms with Gasteiger partial charge in [0.1, 0.15) is 0 Å². The molecule has 72 valence electrons. The van der Waals surface area contributed by atoms with Crippen molar-refractivity contribution in [1.82, 2.24) is 5.32 Å². The van der Waals surface area contributed by atoms with Gasteiger partial charge in [0.2, 0.25) is 0 Å². The summed E-state index contributed by atoms with van der Waals surface area (Å²) in [5.74, 6) is -0.339. The lowest BCUT2D eigenvalue weighted by atomic mass is 10.1. The Morgan fingerprint density at radius 1 is 1.58 bits per heavy atom. The van der Waals surface area contributed by atoms with E-state index < -0.39 is 0 Å². The van der Waals surface area contributed by atoms with Crippen molar-refractivity contribution in [1.29, 1.82) is 0 Å². The third-order valence-corrected chi connectivity index (χ3v) is 2.32. The summed E-state index contributed by atoms with van der Waals surface area (Å²) in [5, 5.41) is 3.29. The van der Waals surface area contributed by atoms with Crippen LogP contribution in [0.4, 0.5) is 0 Å². The maximum absolute atomic E-state index is 5.63. The van der Waals surface area contributed by atoms with Crippen molar-refractivity contribution in [2.45, 2.75) is 32.0 Å². The zero-order valence-electron chi connectivity index (χ0n) is 8.06. The fraction of sp³-hybridized carbons (Fsp3) is 1.00. The largest absolute Gasteiger partial charge is 0.352 e. The van der Waals surface area contributed by atoms with Crippen molar-refractivity contribution >= 4 is 0 Å². The zero-order chi connectivity index (χ0) is 8.86. The molecule has 1 saturated heterocycles. The van der Waals surface area contributed by atoms with Gasteiger partial charge in [-0.05, 0) is 6.42 Å². The van der Waals surface area contributed by atoms with Gasteiger partial charge in [-0.15, -0.1) is 0 Å². The van der Waals surface area contributed by atoms with E-state index in [1.54, 1.807) is 7.11 Å². The van der Waals surface area contributed by atoms with Gasteiger partial charge >= 0.3 is 0 Å². The van der Waals surface area contributed by atoms with Crippen LogP contribution in [0.25, 0.3) is 0 Å². The second-order valence-corrected chi connectivity index (χ2v) is 3.24. The SMILES string of the molecule is CCCCC1(OC)CNCCO1. The number of nitrogens with one attached hydrogen (secondary N) is 1. The van der Waals surface area contributed by atoms with Crippen LogP contribution in [0.3, 0.4) is 0 Å². The van der Waals surface area contributed by atoms with Gasteiger partial charge in [-0.2, -0.15) is 0 Å². The van der Waals surface area contributed by atoms with Crippen molar-refractivity contribution < 1.29 is 9.47 Å². The van der Waals surface area contributed by atoms with Crippen LogP contribution < -0.4 is 5.32 Å². The lowest BCUT2D eigenvalue weighted by Gasteiger charge is -2.36. The van der Waals surface area contributed by atoms with Gasteiger partial charge in [-0.1, -0.05) is 13.3 Å². The van der Waals surface area contributed by atoms with Gasteiger partial charge in [0.25, 0.3) is 0 Å². The Kier molecular flexibility index (Phi) is 3.98. The van der Waals surface area contributed by atoms with E-state index in [0.29, 0.717) is 0 Å². The first-order chi connectivity index (χ1) is 5.83. The molecule has 0 aromatic carbocycles. The Bertz CT molecular complexity index is 122. The fourth-order valence-electron chi connectivity index (χ4n) is 1.48. The van der Waals surface area contributed by atoms with Gasteiger partial charge < -0.3 is 14.8 Å². The van der Waals surface area contributed by atoms with Crippen LogP contribution in [0.2, 0.25) is 0 Å². The lowest BCUT2D eigenvalue weighted by molar-refractivity contribution is -0.236. The monoisotopic (exact) mass is 173 g/mol. The molecule has 1 aliphatic heterocycles. The lowest BCUT2D eigenvalue weighted by Crippen LogP contribution is -2.51. The Labute approximate surface area is 74.4 Å². The van der Waals surface area contributed by atoms with Crippen molar-refractivity contribution in [3.05, 3.63) is 0 Å². The third kappa shape index (κ3) is 2.44. The summed E-state index contributed by atoms with van der Waals surface area (Å²) >= 11 is 0. The molecule has 1 fully saturated rings. The quantitative estimate of drug-likeness (QED) is 0.691. The molecule has 0 bridgehead atoms. The third-order valence-electron chi connectivity index (χ3n) is 2.32. The Morgan fingerprint density at radius 3 is 2.92 bits per heavy atom. The molecule has 1 heterocycles. The predicted octanol–water partition coefficient (Wildman–Crippen LogP) is 1.14. The Hall–Kier alpha value is -0.120. The molecular formula is C9H19NO2. The molecule has 0 aliphatic carbocycles. The van der Waals surface area contributed by atoms with Gasteiger partial charge in [-0.25, -0.2) is 0 Å². The van der Waals surface area contributed by atoms with E-state index in [1.807, 2.05) is 0 Å². The highest BCUT2D eigenvalue weighted by atomic mass is 16.7. The van der Waals surface area contributed by atoms with Crippen molar-refractivity contribution in [2.24, 2.45) is 0 Å². The predicted molar refractivity (Wildman–Crippen MR) is 48.1 cm³/mol. The van der Waals surface area contributed by atoms with E-state index in [0.717, 1.165) is 32.5 Å². The van der Waals surface area contributed by atoms with Crippen molar-refractivity contribution in [2.75, 3.05) is 26.8 Å². The highest BCUT2D eigenvalue weighted by molar-refractivity contribution is 4.76. The molecule has 1 N–H and O–H groups in total. The van der Waals surface area contributed by atoms with Crippen LogP contribution in [0.1, 0.15) is 26.2 Å². The Balaban J connectivity index is 2.37. The number of morpholine rings is 1. The first-order valence-electron chi connectivity index (χ1n) is 4.73. The number of ether oxygens (including phenoxy) is 2. The average Bonchev–Trinajstić information content (AvgIpc) is 2.16. The highest BCUT2D eigenvalue weighted by Gasteiger charge is 2.31. The van der Waals surface area contributed by atoms with E-state index in [1.165, 1.54) is 6.42 Å². The average molecular weight is 173 g/mol. The molecule has 3 nitrogen and oxygen atoms in total. The standard InChI is InChI=1S/C9H19NO2/c1-3-4-5-9(11-2)8-10-6-7-12-9/h10H,3-8H2,1-2H3. The van der Waals surface area contributed by atoms with E-state index in [9.17, 15) is 0 Å². The molecule has 12 heavy (non-hydrogen) atoms. The summed E-state index contributed by atoms with van der Waals surface area (Å²) in [4.78, 5) is 0. The van der Waals surface area contributed by atoms with Crippen LogP contribution >= 0.6 is 0 Å². The summed E-state index contributed by atoms with van der Waals surface area (Å²) < 4.78 is 11.0. The maximum atomic E-state index is 5.63. The molecule has 0 aromatic rings. The molecule has 0 radical (unpaired) electrons. The van der Waals surface area contributed by atoms with E-state index in [-0.39, 0.29) is 5.79 Å². The second kappa shape index (κ2) is 4.80. The van der Waals surface area contributed by atoms with Crippen LogP contribution in [-0.4, -0.2) is 32.6 Å². The van der Waals surface area contributed by atoms with Gasteiger partial charge in [0, 0.05) is 26.6 Å². The normalized spacial score (nSPS) is 30.5. The maximum Gasteiger partial charge on any atom is 0.180 e. The van der Waals surface area contributed by atoms with Gasteiger partial charge in [-0.3, -0.25) is 0 Å². The number of rotatable bonds is 4. The van der Waals surface area contributed by atoms with Gasteiger partial charge in [0.05, 0.1) is 6.61 Å². The minimum Gasteiger partial charge on any atom is -0.352 e. The molecule has 1 aliphatic rings. The Morgan fingerprint density at radius 2 is 2.42 bits per heavy atom. The number of hydrogen-bond acceptors (Lipinski definition) is 3. The molecule has 0 aromatic heterocycles. The molecule has 3 heteroatoms. The summed E-state index contributed by atoms with van der Waals surface area (Å²) in [6, 6.07) is 0. The van der Waals surface area contributed by atoms with Crippen LogP contribution in [0, 0.1) is 0 Å². The van der Waals surface area contributed by atoms with E-state index in [2.05, 4.69) is 12.2 Å². The van der Waals surface area contributed by atoms with Crippen molar-refractivity contribution in [3.8, 4) is 0 Å². The molecule has 1 rings (SSSR count). The minimum absolute atomic E-state index is 0.339. The topological polar surface area (TPSA) is 30.5 Å². The number of hydrogen-bond donors (Lipinski definition) is 1. The molecule has 0 spiro atoms. The molecule has 1 atom stereocenters. The number of methoxy groups -OCH3 is 1. The zero-order valence-corrected chi connectivity index (χ0v) is 8.06. The van der Waals surface area contributed by atoms with Crippen LogP contribution in [0.15, 0.2) is 0 Å². The van der Waals surface area contributed by atoms with E-state index >= 15 is 0 Å². The molecule has 1 unspecified atom stereocenters. The molecule has 0 saturated carbocycles. The van der Waals surface area contributed by atoms with Gasteiger partial charge in [0.15, 0.2) is 5.79 Å². The first kappa shape index (κ1) is 9.96. The first-order valence-corrected chi connectivity index (χ1v) is 4.73. The number of unbranched alkanes of at least 4 members (excludes halogenated alkanes) is 1. The summed E-state index contributed by atoms with van der Waals surface area (Å²) in [6.07, 6.45) is 3.34. The highest BCUT2D eigenvalue weighted by Crippen LogP contribution is 2.21. The van der Waals surface area contributed by atoms with Crippen LogP contribution in [-0.2, 0) is 9.47 Å². The van der Waals surface area contributed by atoms with Crippen molar-refractivity contribution in [3.63, 3.8) is 0 Å². The smallest absolute Gasteiger partial charge is 0.180 e. The summed E-state index contributed by atoms with van der Waals surface area (Å²) in [6.45, 7) is 4.71. The van der Waals surface area contributed by atoms with Crippen LogP contribution in [0.5, 0.6) is 0 Å². The summed E-state index contributed by atoms with van der Waals surface area (Å²) in [7, 11) is 1.72. The molecular weight excluding hydrogens is 154 g/mol. The summed E-state index contributed by atoms with van der Waals surface area (Å²) in [5.41, 5.74) is 0. The fourth-order valence-corrected chi connectivity index (χ4v) is 1.48. The van der Waals surface area contributed by atoms with E-state index in [4.69, 9.17) is 9.47 Å². The minimum atomic E-state index is -0.339.